The molecule has 0 bridgehead atoms. The molecule has 0 radical (unpaired) electrons. The molecule has 1 atom stereocenters. The van der Waals surface area contributed by atoms with Gasteiger partial charge in [0.1, 0.15) is 17.9 Å². The maximum atomic E-state index is 11.2. The first-order valence-corrected chi connectivity index (χ1v) is 5.19. The van der Waals surface area contributed by atoms with Gasteiger partial charge in [-0.3, -0.25) is 14.9 Å². The number of amides is 1. The summed E-state index contributed by atoms with van der Waals surface area (Å²) >= 11 is 0. The number of carbonyl (C=O) groups is 1. The van der Waals surface area contributed by atoms with E-state index in [2.05, 4.69) is 4.98 Å². The lowest BCUT2D eigenvalue weighted by atomic mass is 10.2. The molecule has 1 saturated heterocycles. The van der Waals surface area contributed by atoms with Crippen LogP contribution in [0.15, 0.2) is 12.2 Å². The Morgan fingerprint density at radius 1 is 1.78 bits per heavy atom. The molecular weight excluding hydrogens is 242 g/mol. The van der Waals surface area contributed by atoms with Gasteiger partial charge in [0, 0.05) is 12.5 Å². The standard InChI is InChI=1S/C10H11N3O5/c11-10(14)7-3-9(12-4-8(7)13(15)16)18-6-1-2-17-5-6/h3-4,6H,1-2,5H2,(H2,11,14)/t6-/m0/s1/i3D. The summed E-state index contributed by atoms with van der Waals surface area (Å²) in [5.74, 6) is -1.22. The van der Waals surface area contributed by atoms with Gasteiger partial charge >= 0.3 is 5.69 Å². The molecule has 1 amide bonds. The third kappa shape index (κ3) is 2.54. The van der Waals surface area contributed by atoms with E-state index in [1.807, 2.05) is 0 Å². The van der Waals surface area contributed by atoms with Gasteiger partial charge in [-0.05, 0) is 0 Å². The molecule has 1 aliphatic heterocycles. The van der Waals surface area contributed by atoms with Crippen LogP contribution in [0, 0.1) is 10.1 Å². The summed E-state index contributed by atoms with van der Waals surface area (Å²) in [5.41, 5.74) is 3.95. The molecule has 8 nitrogen and oxygen atoms in total. The number of aromatic nitrogens is 1. The van der Waals surface area contributed by atoms with Crippen LogP contribution in [0.3, 0.4) is 0 Å². The van der Waals surface area contributed by atoms with Crippen molar-refractivity contribution in [1.82, 2.24) is 4.98 Å². The van der Waals surface area contributed by atoms with Gasteiger partial charge in [-0.15, -0.1) is 0 Å². The van der Waals surface area contributed by atoms with Crippen LogP contribution in [0.5, 0.6) is 5.88 Å². The minimum atomic E-state index is -1.06. The Kier molecular flexibility index (Phi) is 3.01. The second-order valence-electron chi connectivity index (χ2n) is 3.67. The minimum absolute atomic E-state index is 0.157. The van der Waals surface area contributed by atoms with Crippen LogP contribution in [0.2, 0.25) is 0 Å². The van der Waals surface area contributed by atoms with Crippen molar-refractivity contribution >= 4 is 11.6 Å². The number of carbonyl (C=O) groups excluding carboxylic acids is 1. The zero-order chi connectivity index (χ0) is 14.0. The molecule has 2 N–H and O–H groups in total. The Morgan fingerprint density at radius 2 is 2.56 bits per heavy atom. The number of nitro groups is 1. The molecule has 1 aromatic heterocycles. The first-order valence-electron chi connectivity index (χ1n) is 5.69. The highest BCUT2D eigenvalue weighted by molar-refractivity contribution is 5.97. The lowest BCUT2D eigenvalue weighted by Gasteiger charge is -2.10. The summed E-state index contributed by atoms with van der Waals surface area (Å²) in [5, 5.41) is 10.7. The number of pyridine rings is 1. The van der Waals surface area contributed by atoms with Crippen molar-refractivity contribution in [3.8, 4) is 5.88 Å². The summed E-state index contributed by atoms with van der Waals surface area (Å²) in [6, 6.07) is -0.478. The van der Waals surface area contributed by atoms with Gasteiger partial charge in [0.2, 0.25) is 5.88 Å². The lowest BCUT2D eigenvalue weighted by Crippen LogP contribution is -2.18. The van der Waals surface area contributed by atoms with E-state index < -0.39 is 28.1 Å². The molecule has 0 saturated carbocycles. The number of primary amides is 1. The second kappa shape index (κ2) is 4.96. The molecule has 0 aromatic carbocycles. The van der Waals surface area contributed by atoms with Crippen LogP contribution in [0.1, 0.15) is 18.1 Å². The van der Waals surface area contributed by atoms with Crippen molar-refractivity contribution in [3.05, 3.63) is 27.9 Å². The third-order valence-corrected chi connectivity index (χ3v) is 2.40. The number of nitrogens with two attached hydrogens (primary N) is 1. The Hall–Kier alpha value is -2.22. The predicted octanol–water partition coefficient (Wildman–Crippen LogP) is 0.256. The van der Waals surface area contributed by atoms with Crippen molar-refractivity contribution in [2.24, 2.45) is 5.73 Å². The van der Waals surface area contributed by atoms with Crippen molar-refractivity contribution in [3.63, 3.8) is 0 Å². The van der Waals surface area contributed by atoms with Crippen molar-refractivity contribution in [2.75, 3.05) is 13.2 Å². The third-order valence-electron chi connectivity index (χ3n) is 2.40. The fourth-order valence-electron chi connectivity index (χ4n) is 1.54. The van der Waals surface area contributed by atoms with Gasteiger partial charge < -0.3 is 15.2 Å². The van der Waals surface area contributed by atoms with Crippen molar-refractivity contribution in [2.45, 2.75) is 12.5 Å². The number of nitrogens with zero attached hydrogens (tertiary/aromatic N) is 2. The largest absolute Gasteiger partial charge is 0.472 e. The maximum Gasteiger partial charge on any atom is 0.300 e. The van der Waals surface area contributed by atoms with Crippen LogP contribution < -0.4 is 10.5 Å². The summed E-state index contributed by atoms with van der Waals surface area (Å²) in [6.07, 6.45) is 1.21. The number of ether oxygens (including phenoxy) is 2. The fourth-order valence-corrected chi connectivity index (χ4v) is 1.54. The Bertz CT molecular complexity index is 530. The van der Waals surface area contributed by atoms with Gasteiger partial charge in [0.05, 0.1) is 19.5 Å². The molecule has 2 heterocycles. The molecule has 1 aliphatic rings. The summed E-state index contributed by atoms with van der Waals surface area (Å²) < 4.78 is 18.2. The van der Waals surface area contributed by atoms with E-state index >= 15 is 0 Å². The van der Waals surface area contributed by atoms with Crippen LogP contribution >= 0.6 is 0 Å². The maximum absolute atomic E-state index is 11.2. The average molecular weight is 254 g/mol. The van der Waals surface area contributed by atoms with Gasteiger partial charge in [0.25, 0.3) is 5.91 Å². The lowest BCUT2D eigenvalue weighted by molar-refractivity contribution is -0.385. The first kappa shape index (κ1) is 10.9. The van der Waals surface area contributed by atoms with Crippen LogP contribution in [-0.4, -0.2) is 35.1 Å². The minimum Gasteiger partial charge on any atom is -0.472 e. The van der Waals surface area contributed by atoms with E-state index in [-0.39, 0.29) is 12.0 Å². The number of rotatable bonds is 4. The zero-order valence-electron chi connectivity index (χ0n) is 10.3. The quantitative estimate of drug-likeness (QED) is 0.608. The molecule has 1 fully saturated rings. The summed E-state index contributed by atoms with van der Waals surface area (Å²) in [6.45, 7) is 0.887. The fraction of sp³-hybridized carbons (Fsp3) is 0.400. The van der Waals surface area contributed by atoms with E-state index in [4.69, 9.17) is 16.6 Å². The molecule has 18 heavy (non-hydrogen) atoms. The van der Waals surface area contributed by atoms with Gasteiger partial charge in [-0.1, -0.05) is 0 Å². The van der Waals surface area contributed by atoms with Gasteiger partial charge in [-0.2, -0.15) is 0 Å². The first-order chi connectivity index (χ1) is 9.00. The summed E-state index contributed by atoms with van der Waals surface area (Å²) in [7, 11) is 0. The van der Waals surface area contributed by atoms with Crippen LogP contribution in [0.4, 0.5) is 5.69 Å². The normalized spacial score (nSPS) is 19.3. The molecule has 0 aliphatic carbocycles. The monoisotopic (exact) mass is 254 g/mol. The van der Waals surface area contributed by atoms with Crippen LogP contribution in [-0.2, 0) is 4.74 Å². The molecule has 0 unspecified atom stereocenters. The second-order valence-corrected chi connectivity index (χ2v) is 3.67. The molecule has 1 aromatic rings. The van der Waals surface area contributed by atoms with Crippen LogP contribution in [0.25, 0.3) is 0 Å². The topological polar surface area (TPSA) is 118 Å². The van der Waals surface area contributed by atoms with E-state index in [1.54, 1.807) is 0 Å². The molecule has 2 rings (SSSR count). The molecular formula is C10H11N3O5. The molecule has 96 valence electrons. The SMILES string of the molecule is [2H]c1c(O[C@H]2CCOC2)ncc([N+](=O)[O-])c1C(N)=O. The van der Waals surface area contributed by atoms with E-state index in [0.717, 1.165) is 6.20 Å². The van der Waals surface area contributed by atoms with E-state index in [9.17, 15) is 14.9 Å². The Labute approximate surface area is 103 Å². The highest BCUT2D eigenvalue weighted by Gasteiger charge is 2.22. The number of hydrogen-bond donors (Lipinski definition) is 1. The smallest absolute Gasteiger partial charge is 0.300 e. The summed E-state index contributed by atoms with van der Waals surface area (Å²) in [4.78, 5) is 24.9. The highest BCUT2D eigenvalue weighted by atomic mass is 16.6. The van der Waals surface area contributed by atoms with Gasteiger partial charge in [-0.25, -0.2) is 4.98 Å². The zero-order valence-corrected chi connectivity index (χ0v) is 9.29. The van der Waals surface area contributed by atoms with Crippen molar-refractivity contribution in [1.29, 1.82) is 0 Å². The Morgan fingerprint density at radius 3 is 3.11 bits per heavy atom. The van der Waals surface area contributed by atoms with Gasteiger partial charge in [0.15, 0.2) is 0 Å². The number of hydrogen-bond acceptors (Lipinski definition) is 6. The molecule has 0 spiro atoms. The van der Waals surface area contributed by atoms with E-state index in [0.29, 0.717) is 19.6 Å². The Balaban J connectivity index is 2.38. The van der Waals surface area contributed by atoms with Crippen molar-refractivity contribution < 1.29 is 20.6 Å². The van der Waals surface area contributed by atoms with E-state index in [1.165, 1.54) is 0 Å². The predicted molar refractivity (Wildman–Crippen MR) is 59.3 cm³/mol. The highest BCUT2D eigenvalue weighted by Crippen LogP contribution is 2.22. The average Bonchev–Trinajstić information content (AvgIpc) is 2.83. The molecule has 8 heteroatoms.